The van der Waals surface area contributed by atoms with E-state index >= 15 is 0 Å². The maximum atomic E-state index is 12.5. The van der Waals surface area contributed by atoms with E-state index in [1.807, 2.05) is 30.0 Å². The second-order valence-electron chi connectivity index (χ2n) is 5.48. The molecule has 0 unspecified atom stereocenters. The molecule has 3 rings (SSSR count). The van der Waals surface area contributed by atoms with Gasteiger partial charge in [-0.1, -0.05) is 28.9 Å². The van der Waals surface area contributed by atoms with Gasteiger partial charge in [-0.2, -0.15) is 0 Å². The molecule has 2 aromatic rings. The Morgan fingerprint density at radius 2 is 2.00 bits per heavy atom. The molecular weight excluding hydrogens is 302 g/mol. The Morgan fingerprint density at radius 1 is 1.27 bits per heavy atom. The minimum absolute atomic E-state index is 0.00234. The zero-order valence-electron chi connectivity index (χ0n) is 12.5. The average molecular weight is 320 g/mol. The monoisotopic (exact) mass is 319 g/mol. The Labute approximate surface area is 134 Å². The van der Waals surface area contributed by atoms with Crippen LogP contribution in [0.25, 0.3) is 0 Å². The van der Waals surface area contributed by atoms with E-state index in [4.69, 9.17) is 16.1 Å². The van der Waals surface area contributed by atoms with E-state index in [1.165, 1.54) is 0 Å². The third kappa shape index (κ3) is 3.31. The van der Waals surface area contributed by atoms with Crippen molar-refractivity contribution in [2.75, 3.05) is 26.2 Å². The molecule has 116 valence electrons. The molecule has 22 heavy (non-hydrogen) atoms. The number of nitrogens with zero attached hydrogens (tertiary/aromatic N) is 3. The highest BCUT2D eigenvalue weighted by molar-refractivity contribution is 6.33. The van der Waals surface area contributed by atoms with Gasteiger partial charge >= 0.3 is 0 Å². The van der Waals surface area contributed by atoms with Crippen LogP contribution in [-0.4, -0.2) is 47.0 Å². The predicted octanol–water partition coefficient (Wildman–Crippen LogP) is 2.59. The number of piperazine rings is 1. The first-order valence-corrected chi connectivity index (χ1v) is 7.69. The number of aryl methyl sites for hydroxylation is 1. The summed E-state index contributed by atoms with van der Waals surface area (Å²) in [5.41, 5.74) is 1.51. The molecule has 1 fully saturated rings. The number of hydrogen-bond donors (Lipinski definition) is 0. The van der Waals surface area contributed by atoms with Crippen molar-refractivity contribution in [2.24, 2.45) is 0 Å². The van der Waals surface area contributed by atoms with Crippen molar-refractivity contribution in [3.63, 3.8) is 0 Å². The van der Waals surface area contributed by atoms with Crippen LogP contribution in [0.5, 0.6) is 0 Å². The van der Waals surface area contributed by atoms with Crippen molar-refractivity contribution in [1.82, 2.24) is 15.0 Å². The second kappa shape index (κ2) is 6.50. The maximum Gasteiger partial charge on any atom is 0.255 e. The van der Waals surface area contributed by atoms with Crippen LogP contribution in [0.15, 0.2) is 34.9 Å². The van der Waals surface area contributed by atoms with E-state index in [1.54, 1.807) is 12.1 Å². The quantitative estimate of drug-likeness (QED) is 0.872. The van der Waals surface area contributed by atoms with Crippen molar-refractivity contribution in [3.05, 3.63) is 52.4 Å². The van der Waals surface area contributed by atoms with Gasteiger partial charge in [-0.25, -0.2) is 0 Å². The standard InChI is InChI=1S/C16H18ClN3O2/c1-12-10-13(18-22-12)11-19-6-8-20(9-7-19)16(21)14-4-2-3-5-15(14)17/h2-5,10H,6-9,11H2,1H3. The van der Waals surface area contributed by atoms with E-state index in [0.29, 0.717) is 23.7 Å². The van der Waals surface area contributed by atoms with E-state index in [0.717, 1.165) is 31.1 Å². The highest BCUT2D eigenvalue weighted by atomic mass is 35.5. The van der Waals surface area contributed by atoms with Crippen LogP contribution < -0.4 is 0 Å². The van der Waals surface area contributed by atoms with Gasteiger partial charge in [0.25, 0.3) is 5.91 Å². The first kappa shape index (κ1) is 15.1. The average Bonchev–Trinajstić information content (AvgIpc) is 2.93. The van der Waals surface area contributed by atoms with Crippen molar-refractivity contribution in [1.29, 1.82) is 0 Å². The summed E-state index contributed by atoms with van der Waals surface area (Å²) in [5.74, 6) is 0.824. The van der Waals surface area contributed by atoms with Crippen LogP contribution in [0.4, 0.5) is 0 Å². The summed E-state index contributed by atoms with van der Waals surface area (Å²) in [7, 11) is 0. The molecule has 1 aromatic heterocycles. The summed E-state index contributed by atoms with van der Waals surface area (Å²) in [4.78, 5) is 16.6. The zero-order chi connectivity index (χ0) is 15.5. The molecule has 0 aliphatic carbocycles. The van der Waals surface area contributed by atoms with Gasteiger partial charge in [-0.15, -0.1) is 0 Å². The SMILES string of the molecule is Cc1cc(CN2CCN(C(=O)c3ccccc3Cl)CC2)no1. The summed E-state index contributed by atoms with van der Waals surface area (Å²) in [6.45, 7) is 5.67. The number of benzene rings is 1. The Morgan fingerprint density at radius 3 is 2.64 bits per heavy atom. The summed E-state index contributed by atoms with van der Waals surface area (Å²) in [5, 5.41) is 4.52. The predicted molar refractivity (Wildman–Crippen MR) is 83.9 cm³/mol. The summed E-state index contributed by atoms with van der Waals surface area (Å²) >= 11 is 6.10. The number of carbonyl (C=O) groups is 1. The molecule has 1 saturated heterocycles. The molecule has 0 saturated carbocycles. The number of amides is 1. The zero-order valence-corrected chi connectivity index (χ0v) is 13.2. The minimum Gasteiger partial charge on any atom is -0.361 e. The first-order chi connectivity index (χ1) is 10.6. The lowest BCUT2D eigenvalue weighted by Crippen LogP contribution is -2.48. The fraction of sp³-hybridized carbons (Fsp3) is 0.375. The van der Waals surface area contributed by atoms with Crippen LogP contribution in [0.2, 0.25) is 5.02 Å². The fourth-order valence-corrected chi connectivity index (χ4v) is 2.85. The minimum atomic E-state index is 0.00234. The molecule has 1 aromatic carbocycles. The second-order valence-corrected chi connectivity index (χ2v) is 5.88. The Kier molecular flexibility index (Phi) is 4.45. The van der Waals surface area contributed by atoms with E-state index in [9.17, 15) is 4.79 Å². The van der Waals surface area contributed by atoms with Gasteiger partial charge in [0.2, 0.25) is 0 Å². The van der Waals surface area contributed by atoms with Crippen LogP contribution >= 0.6 is 11.6 Å². The number of rotatable bonds is 3. The smallest absolute Gasteiger partial charge is 0.255 e. The highest BCUT2D eigenvalue weighted by Gasteiger charge is 2.23. The lowest BCUT2D eigenvalue weighted by Gasteiger charge is -2.34. The van der Waals surface area contributed by atoms with Crippen LogP contribution in [0.3, 0.4) is 0 Å². The maximum absolute atomic E-state index is 12.5. The molecule has 1 aliphatic rings. The van der Waals surface area contributed by atoms with Crippen molar-refractivity contribution in [2.45, 2.75) is 13.5 Å². The molecule has 0 atom stereocenters. The molecule has 0 radical (unpaired) electrons. The number of hydrogen-bond acceptors (Lipinski definition) is 4. The summed E-state index contributed by atoms with van der Waals surface area (Å²) in [6, 6.07) is 9.13. The van der Waals surface area contributed by atoms with Gasteiger partial charge in [-0.05, 0) is 19.1 Å². The summed E-state index contributed by atoms with van der Waals surface area (Å²) < 4.78 is 5.08. The van der Waals surface area contributed by atoms with Crippen LogP contribution in [0, 0.1) is 6.92 Å². The lowest BCUT2D eigenvalue weighted by molar-refractivity contribution is 0.0626. The Balaban J connectivity index is 1.57. The highest BCUT2D eigenvalue weighted by Crippen LogP contribution is 2.18. The topological polar surface area (TPSA) is 49.6 Å². The van der Waals surface area contributed by atoms with Gasteiger partial charge in [0, 0.05) is 38.8 Å². The number of halogens is 1. The molecule has 0 N–H and O–H groups in total. The third-order valence-electron chi connectivity index (χ3n) is 3.83. The largest absolute Gasteiger partial charge is 0.361 e. The van der Waals surface area contributed by atoms with Crippen molar-refractivity contribution in [3.8, 4) is 0 Å². The molecule has 1 amide bonds. The van der Waals surface area contributed by atoms with Gasteiger partial charge in [0.15, 0.2) is 0 Å². The molecular formula is C16H18ClN3O2. The molecule has 2 heterocycles. The molecule has 1 aliphatic heterocycles. The number of carbonyl (C=O) groups excluding carboxylic acids is 1. The van der Waals surface area contributed by atoms with E-state index in [2.05, 4.69) is 10.1 Å². The third-order valence-corrected chi connectivity index (χ3v) is 4.16. The molecule has 0 spiro atoms. The van der Waals surface area contributed by atoms with Crippen molar-refractivity contribution >= 4 is 17.5 Å². The van der Waals surface area contributed by atoms with Gasteiger partial charge in [-0.3, -0.25) is 9.69 Å². The Bertz CT molecular complexity index is 663. The van der Waals surface area contributed by atoms with Gasteiger partial charge in [0.05, 0.1) is 16.3 Å². The Hall–Kier alpha value is -1.85. The molecule has 0 bridgehead atoms. The first-order valence-electron chi connectivity index (χ1n) is 7.32. The molecule has 6 heteroatoms. The number of aromatic nitrogens is 1. The van der Waals surface area contributed by atoms with Gasteiger partial charge < -0.3 is 9.42 Å². The van der Waals surface area contributed by atoms with E-state index in [-0.39, 0.29) is 5.91 Å². The molecule has 5 nitrogen and oxygen atoms in total. The van der Waals surface area contributed by atoms with Gasteiger partial charge in [0.1, 0.15) is 5.76 Å². The van der Waals surface area contributed by atoms with E-state index < -0.39 is 0 Å². The van der Waals surface area contributed by atoms with Crippen molar-refractivity contribution < 1.29 is 9.32 Å². The fourth-order valence-electron chi connectivity index (χ4n) is 2.64. The van der Waals surface area contributed by atoms with Crippen LogP contribution in [-0.2, 0) is 6.54 Å². The summed E-state index contributed by atoms with van der Waals surface area (Å²) in [6.07, 6.45) is 0. The normalized spacial score (nSPS) is 16.0. The lowest BCUT2D eigenvalue weighted by atomic mass is 10.1. The van der Waals surface area contributed by atoms with Crippen LogP contribution in [0.1, 0.15) is 21.8 Å².